The van der Waals surface area contributed by atoms with E-state index in [1.807, 2.05) is 0 Å². The van der Waals surface area contributed by atoms with E-state index in [2.05, 4.69) is 0 Å². The van der Waals surface area contributed by atoms with Crippen molar-refractivity contribution in [3.05, 3.63) is 11.6 Å². The van der Waals surface area contributed by atoms with Crippen molar-refractivity contribution in [2.24, 2.45) is 0 Å². The van der Waals surface area contributed by atoms with Gasteiger partial charge in [-0.1, -0.05) is 6.08 Å². The number of carboxylic acids is 1. The van der Waals surface area contributed by atoms with Gasteiger partial charge in [-0.05, 0) is 6.42 Å². The summed E-state index contributed by atoms with van der Waals surface area (Å²) in [6.07, 6.45) is 3.40. The molecule has 2 aliphatic heterocycles. The molecule has 0 spiro atoms. The molecule has 2 aliphatic rings. The number of hydrogen-bond acceptors (Lipinski definition) is 3. The number of aliphatic carboxylic acids is 1. The predicted molar refractivity (Wildman–Crippen MR) is 44.4 cm³/mol. The summed E-state index contributed by atoms with van der Waals surface area (Å²) in [6.45, 7) is 1.47. The molecule has 0 aromatic carbocycles. The zero-order chi connectivity index (χ0) is 9.26. The molecule has 1 N–H and O–H groups in total. The van der Waals surface area contributed by atoms with Gasteiger partial charge in [0.2, 0.25) is 0 Å². The Labute approximate surface area is 76.1 Å². The summed E-state index contributed by atoms with van der Waals surface area (Å²) in [5.74, 6) is -0.837. The number of carboxylic acid groups (broad SMARTS) is 1. The average Bonchev–Trinajstić information content (AvgIpc) is 2.92. The minimum absolute atomic E-state index is 0.141. The molecule has 2 heterocycles. The Hall–Kier alpha value is -0.870. The van der Waals surface area contributed by atoms with Crippen molar-refractivity contribution >= 4 is 5.97 Å². The fourth-order valence-corrected chi connectivity index (χ4v) is 1.17. The molecular weight excluding hydrogens is 172 g/mol. The summed E-state index contributed by atoms with van der Waals surface area (Å²) < 4.78 is 9.97. The van der Waals surface area contributed by atoms with Gasteiger partial charge in [0.1, 0.15) is 0 Å². The van der Waals surface area contributed by atoms with E-state index in [1.54, 1.807) is 6.08 Å². The standard InChI is InChI=1S/C9H12O4/c10-9(11)6(3-8-5-13-8)1-2-7-4-12-7/h1,7-8H,2-5H2,(H,10,11). The zero-order valence-corrected chi connectivity index (χ0v) is 7.23. The van der Waals surface area contributed by atoms with E-state index in [9.17, 15) is 4.79 Å². The second-order valence-corrected chi connectivity index (χ2v) is 3.39. The summed E-state index contributed by atoms with van der Waals surface area (Å²) in [5, 5.41) is 8.82. The number of rotatable bonds is 5. The average molecular weight is 184 g/mol. The number of hydrogen-bond donors (Lipinski definition) is 1. The van der Waals surface area contributed by atoms with Gasteiger partial charge in [0.15, 0.2) is 0 Å². The number of carbonyl (C=O) groups is 1. The topological polar surface area (TPSA) is 62.4 Å². The monoisotopic (exact) mass is 184 g/mol. The van der Waals surface area contributed by atoms with Gasteiger partial charge in [-0.25, -0.2) is 4.79 Å². The molecule has 2 saturated heterocycles. The zero-order valence-electron chi connectivity index (χ0n) is 7.23. The molecule has 2 atom stereocenters. The Kier molecular flexibility index (Phi) is 2.33. The molecule has 0 saturated carbocycles. The minimum Gasteiger partial charge on any atom is -0.478 e. The second-order valence-electron chi connectivity index (χ2n) is 3.39. The van der Waals surface area contributed by atoms with Gasteiger partial charge in [-0.3, -0.25) is 0 Å². The molecule has 2 unspecified atom stereocenters. The lowest BCUT2D eigenvalue weighted by Gasteiger charge is -1.97. The fourth-order valence-electron chi connectivity index (χ4n) is 1.17. The van der Waals surface area contributed by atoms with E-state index in [-0.39, 0.29) is 12.2 Å². The lowest BCUT2D eigenvalue weighted by atomic mass is 10.1. The van der Waals surface area contributed by atoms with E-state index >= 15 is 0 Å². The largest absolute Gasteiger partial charge is 0.478 e. The highest BCUT2D eigenvalue weighted by atomic mass is 16.6. The first-order chi connectivity index (χ1) is 6.25. The molecule has 72 valence electrons. The molecule has 13 heavy (non-hydrogen) atoms. The Balaban J connectivity index is 1.85. The molecular formula is C9H12O4. The lowest BCUT2D eigenvalue weighted by molar-refractivity contribution is -0.132. The van der Waals surface area contributed by atoms with Crippen LogP contribution in [-0.2, 0) is 14.3 Å². The Bertz CT molecular complexity index is 238. The molecule has 0 aromatic heterocycles. The SMILES string of the molecule is O=C(O)C(=CCC1CO1)CC1CO1. The second kappa shape index (κ2) is 3.47. The number of epoxide rings is 2. The summed E-state index contributed by atoms with van der Waals surface area (Å²) >= 11 is 0. The van der Waals surface area contributed by atoms with Gasteiger partial charge < -0.3 is 14.6 Å². The van der Waals surface area contributed by atoms with Crippen LogP contribution in [0.2, 0.25) is 0 Å². The van der Waals surface area contributed by atoms with E-state index < -0.39 is 5.97 Å². The van der Waals surface area contributed by atoms with Crippen LogP contribution in [0.3, 0.4) is 0 Å². The van der Waals surface area contributed by atoms with Crippen LogP contribution in [0.15, 0.2) is 11.6 Å². The predicted octanol–water partition coefficient (Wildman–Crippen LogP) is 0.575. The molecule has 4 heteroatoms. The van der Waals surface area contributed by atoms with Crippen molar-refractivity contribution in [3.63, 3.8) is 0 Å². The van der Waals surface area contributed by atoms with E-state index in [0.29, 0.717) is 25.0 Å². The fraction of sp³-hybridized carbons (Fsp3) is 0.667. The molecule has 0 radical (unpaired) electrons. The van der Waals surface area contributed by atoms with Gasteiger partial charge in [-0.2, -0.15) is 0 Å². The number of ether oxygens (including phenoxy) is 2. The van der Waals surface area contributed by atoms with Crippen LogP contribution in [0.1, 0.15) is 12.8 Å². The van der Waals surface area contributed by atoms with Crippen molar-refractivity contribution < 1.29 is 19.4 Å². The highest BCUT2D eigenvalue weighted by Gasteiger charge is 2.27. The first-order valence-corrected chi connectivity index (χ1v) is 4.41. The third-order valence-electron chi connectivity index (χ3n) is 2.15. The summed E-state index contributed by atoms with van der Waals surface area (Å²) in [5.41, 5.74) is 0.456. The van der Waals surface area contributed by atoms with Crippen LogP contribution in [0.25, 0.3) is 0 Å². The van der Waals surface area contributed by atoms with Gasteiger partial charge >= 0.3 is 5.97 Å². The lowest BCUT2D eigenvalue weighted by Crippen LogP contribution is -2.04. The van der Waals surface area contributed by atoms with Crippen LogP contribution in [0.4, 0.5) is 0 Å². The van der Waals surface area contributed by atoms with Crippen LogP contribution >= 0.6 is 0 Å². The van der Waals surface area contributed by atoms with Gasteiger partial charge in [0.25, 0.3) is 0 Å². The van der Waals surface area contributed by atoms with E-state index in [0.717, 1.165) is 6.61 Å². The third-order valence-corrected chi connectivity index (χ3v) is 2.15. The summed E-state index contributed by atoms with van der Waals surface area (Å²) in [4.78, 5) is 10.7. The quantitative estimate of drug-likeness (QED) is 0.501. The van der Waals surface area contributed by atoms with E-state index in [4.69, 9.17) is 14.6 Å². The molecule has 0 bridgehead atoms. The first kappa shape index (κ1) is 8.72. The van der Waals surface area contributed by atoms with Crippen molar-refractivity contribution in [1.82, 2.24) is 0 Å². The molecule has 0 aromatic rings. The Morgan fingerprint density at radius 1 is 1.38 bits per heavy atom. The molecule has 4 nitrogen and oxygen atoms in total. The highest BCUT2D eigenvalue weighted by Crippen LogP contribution is 2.21. The molecule has 0 amide bonds. The normalized spacial score (nSPS) is 31.5. The van der Waals surface area contributed by atoms with Crippen LogP contribution in [-0.4, -0.2) is 36.5 Å². The van der Waals surface area contributed by atoms with Gasteiger partial charge in [0.05, 0.1) is 25.4 Å². The van der Waals surface area contributed by atoms with Crippen molar-refractivity contribution in [1.29, 1.82) is 0 Å². The third kappa shape index (κ3) is 2.82. The van der Waals surface area contributed by atoms with E-state index in [1.165, 1.54) is 0 Å². The van der Waals surface area contributed by atoms with Crippen molar-refractivity contribution in [2.45, 2.75) is 25.0 Å². The van der Waals surface area contributed by atoms with Crippen molar-refractivity contribution in [3.8, 4) is 0 Å². The molecule has 2 rings (SSSR count). The maximum atomic E-state index is 10.7. The highest BCUT2D eigenvalue weighted by molar-refractivity contribution is 5.86. The maximum Gasteiger partial charge on any atom is 0.331 e. The van der Waals surface area contributed by atoms with Gasteiger partial charge in [-0.15, -0.1) is 0 Å². The van der Waals surface area contributed by atoms with Gasteiger partial charge in [0, 0.05) is 12.0 Å². The van der Waals surface area contributed by atoms with Crippen LogP contribution < -0.4 is 0 Å². The molecule has 2 fully saturated rings. The van der Waals surface area contributed by atoms with Crippen LogP contribution in [0, 0.1) is 0 Å². The van der Waals surface area contributed by atoms with Crippen LogP contribution in [0.5, 0.6) is 0 Å². The maximum absolute atomic E-state index is 10.7. The Morgan fingerprint density at radius 3 is 2.46 bits per heavy atom. The minimum atomic E-state index is -0.837. The summed E-state index contributed by atoms with van der Waals surface area (Å²) in [6, 6.07) is 0. The summed E-state index contributed by atoms with van der Waals surface area (Å²) in [7, 11) is 0. The Morgan fingerprint density at radius 2 is 2.00 bits per heavy atom. The smallest absolute Gasteiger partial charge is 0.331 e. The van der Waals surface area contributed by atoms with Crippen molar-refractivity contribution in [2.75, 3.05) is 13.2 Å². The first-order valence-electron chi connectivity index (χ1n) is 4.41. The molecule has 0 aliphatic carbocycles.